The summed E-state index contributed by atoms with van der Waals surface area (Å²) in [4.78, 5) is 27.2. The number of anilines is 1. The second kappa shape index (κ2) is 7.75. The molecular formula is C24H16F3NO3. The van der Waals surface area contributed by atoms with Gasteiger partial charge < -0.3 is 4.74 Å². The number of hydrogen-bond acceptors (Lipinski definition) is 3. The van der Waals surface area contributed by atoms with Crippen LogP contribution in [0.1, 0.15) is 27.0 Å². The number of fused-ring (bicyclic) bond motifs is 1. The number of rotatable bonds is 3. The third-order valence-corrected chi connectivity index (χ3v) is 4.92. The van der Waals surface area contributed by atoms with Crippen molar-refractivity contribution >= 4 is 29.2 Å². The molecule has 0 bridgehead atoms. The molecule has 0 saturated heterocycles. The summed E-state index contributed by atoms with van der Waals surface area (Å²) >= 11 is 0. The summed E-state index contributed by atoms with van der Waals surface area (Å²) in [6.45, 7) is 0. The molecule has 2 amide bonds. The van der Waals surface area contributed by atoms with E-state index < -0.39 is 23.6 Å². The molecule has 0 fully saturated rings. The Hall–Kier alpha value is -3.87. The van der Waals surface area contributed by atoms with Gasteiger partial charge in [-0.15, -0.1) is 0 Å². The van der Waals surface area contributed by atoms with Gasteiger partial charge in [0.2, 0.25) is 0 Å². The summed E-state index contributed by atoms with van der Waals surface area (Å²) in [6.07, 6.45) is -3.01. The summed E-state index contributed by atoms with van der Waals surface area (Å²) in [7, 11) is 1.52. The minimum atomic E-state index is -4.60. The molecule has 0 spiro atoms. The van der Waals surface area contributed by atoms with Crippen molar-refractivity contribution in [1.82, 2.24) is 0 Å². The molecule has 0 radical (unpaired) electrons. The van der Waals surface area contributed by atoms with Gasteiger partial charge in [-0.3, -0.25) is 9.59 Å². The van der Waals surface area contributed by atoms with Gasteiger partial charge in [-0.25, -0.2) is 4.90 Å². The quantitative estimate of drug-likeness (QED) is 0.416. The monoisotopic (exact) mass is 423 g/mol. The molecule has 1 aliphatic heterocycles. The highest BCUT2D eigenvalue weighted by Crippen LogP contribution is 2.36. The molecule has 0 unspecified atom stereocenters. The lowest BCUT2D eigenvalue weighted by molar-refractivity contribution is -0.137. The Kier molecular flexibility index (Phi) is 5.10. The predicted octanol–water partition coefficient (Wildman–Crippen LogP) is 5.44. The van der Waals surface area contributed by atoms with Crippen LogP contribution < -0.4 is 9.64 Å². The Morgan fingerprint density at radius 2 is 1.55 bits per heavy atom. The van der Waals surface area contributed by atoms with E-state index in [-0.39, 0.29) is 16.8 Å². The summed E-state index contributed by atoms with van der Waals surface area (Å²) < 4.78 is 44.8. The Morgan fingerprint density at radius 1 is 0.839 bits per heavy atom. The number of amides is 2. The van der Waals surface area contributed by atoms with Gasteiger partial charge in [0, 0.05) is 11.1 Å². The SMILES string of the molecule is COc1cccc(/C=C2\C(=O)N(c3cccc(C(F)(F)F)c3)C(=O)c3ccccc32)c1. The van der Waals surface area contributed by atoms with Gasteiger partial charge in [-0.2, -0.15) is 13.2 Å². The number of ether oxygens (including phenoxy) is 1. The molecule has 0 aromatic heterocycles. The van der Waals surface area contributed by atoms with Gasteiger partial charge in [-0.1, -0.05) is 36.4 Å². The minimum Gasteiger partial charge on any atom is -0.497 e. The maximum absolute atomic E-state index is 13.3. The van der Waals surface area contributed by atoms with E-state index in [0.717, 1.165) is 17.0 Å². The van der Waals surface area contributed by atoms with Crippen molar-refractivity contribution in [3.05, 3.63) is 95.1 Å². The van der Waals surface area contributed by atoms with E-state index in [9.17, 15) is 22.8 Å². The molecule has 4 nitrogen and oxygen atoms in total. The Labute approximate surface area is 176 Å². The van der Waals surface area contributed by atoms with E-state index in [1.54, 1.807) is 54.6 Å². The molecular weight excluding hydrogens is 407 g/mol. The average Bonchev–Trinajstić information content (AvgIpc) is 2.76. The van der Waals surface area contributed by atoms with Crippen molar-refractivity contribution in [1.29, 1.82) is 0 Å². The molecule has 4 rings (SSSR count). The second-order valence-corrected chi connectivity index (χ2v) is 6.87. The van der Waals surface area contributed by atoms with Gasteiger partial charge in [0.1, 0.15) is 5.75 Å². The van der Waals surface area contributed by atoms with E-state index >= 15 is 0 Å². The van der Waals surface area contributed by atoms with Crippen LogP contribution in [0, 0.1) is 0 Å². The first-order valence-electron chi connectivity index (χ1n) is 9.31. The number of benzene rings is 3. The second-order valence-electron chi connectivity index (χ2n) is 6.87. The Morgan fingerprint density at radius 3 is 2.26 bits per heavy atom. The summed E-state index contributed by atoms with van der Waals surface area (Å²) in [5, 5.41) is 0. The molecule has 0 saturated carbocycles. The smallest absolute Gasteiger partial charge is 0.416 e. The summed E-state index contributed by atoms with van der Waals surface area (Å²) in [5.74, 6) is -0.801. The number of nitrogens with zero attached hydrogens (tertiary/aromatic N) is 1. The highest BCUT2D eigenvalue weighted by Gasteiger charge is 2.37. The van der Waals surface area contributed by atoms with Crippen molar-refractivity contribution in [2.24, 2.45) is 0 Å². The van der Waals surface area contributed by atoms with Crippen LogP contribution in [0.5, 0.6) is 5.75 Å². The molecule has 3 aromatic carbocycles. The highest BCUT2D eigenvalue weighted by atomic mass is 19.4. The molecule has 0 N–H and O–H groups in total. The van der Waals surface area contributed by atoms with Gasteiger partial charge in [0.05, 0.1) is 18.4 Å². The van der Waals surface area contributed by atoms with Crippen LogP contribution in [0.15, 0.2) is 72.8 Å². The summed E-state index contributed by atoms with van der Waals surface area (Å²) in [5.41, 5.74) is 0.410. The molecule has 7 heteroatoms. The number of carbonyl (C=O) groups is 2. The molecule has 3 aromatic rings. The number of halogens is 3. The molecule has 1 heterocycles. The van der Waals surface area contributed by atoms with Crippen molar-refractivity contribution in [3.8, 4) is 5.75 Å². The maximum atomic E-state index is 13.3. The van der Waals surface area contributed by atoms with Crippen LogP contribution in [0.2, 0.25) is 0 Å². The number of methoxy groups -OCH3 is 1. The van der Waals surface area contributed by atoms with Crippen LogP contribution >= 0.6 is 0 Å². The zero-order valence-corrected chi connectivity index (χ0v) is 16.3. The highest BCUT2D eigenvalue weighted by molar-refractivity contribution is 6.43. The van der Waals surface area contributed by atoms with Gasteiger partial charge in [0.25, 0.3) is 11.8 Å². The van der Waals surface area contributed by atoms with Gasteiger partial charge >= 0.3 is 6.18 Å². The van der Waals surface area contributed by atoms with E-state index in [1.807, 2.05) is 0 Å². The van der Waals surface area contributed by atoms with Crippen molar-refractivity contribution in [2.45, 2.75) is 6.18 Å². The number of alkyl halides is 3. The number of hydrogen-bond donors (Lipinski definition) is 0. The minimum absolute atomic E-state index is 0.143. The molecule has 1 aliphatic rings. The van der Waals surface area contributed by atoms with E-state index in [1.165, 1.54) is 19.2 Å². The molecule has 156 valence electrons. The third-order valence-electron chi connectivity index (χ3n) is 4.92. The maximum Gasteiger partial charge on any atom is 0.416 e. The molecule has 31 heavy (non-hydrogen) atoms. The van der Waals surface area contributed by atoms with Crippen molar-refractivity contribution < 1.29 is 27.5 Å². The van der Waals surface area contributed by atoms with Crippen molar-refractivity contribution in [3.63, 3.8) is 0 Å². The average molecular weight is 423 g/mol. The normalized spacial score (nSPS) is 15.2. The summed E-state index contributed by atoms with van der Waals surface area (Å²) in [6, 6.07) is 17.7. The lowest BCUT2D eigenvalue weighted by atomic mass is 9.91. The van der Waals surface area contributed by atoms with Gasteiger partial charge in [-0.05, 0) is 53.6 Å². The van der Waals surface area contributed by atoms with E-state index in [4.69, 9.17) is 4.74 Å². The van der Waals surface area contributed by atoms with Crippen LogP contribution in [-0.4, -0.2) is 18.9 Å². The number of carbonyl (C=O) groups excluding carboxylic acids is 2. The van der Waals surface area contributed by atoms with Crippen LogP contribution in [-0.2, 0) is 11.0 Å². The first kappa shape index (κ1) is 20.4. The van der Waals surface area contributed by atoms with Crippen LogP contribution in [0.3, 0.4) is 0 Å². The third kappa shape index (κ3) is 3.82. The van der Waals surface area contributed by atoms with E-state index in [0.29, 0.717) is 16.9 Å². The van der Waals surface area contributed by atoms with Gasteiger partial charge in [0.15, 0.2) is 0 Å². The standard InChI is InChI=1S/C24H16F3NO3/c1-31-18-9-4-6-15(12-18)13-21-19-10-2-3-11-20(19)22(29)28(23(21)30)17-8-5-7-16(14-17)24(25,26)27/h2-14H,1H3/b21-13-. The number of imide groups is 1. The zero-order chi connectivity index (χ0) is 22.2. The molecule has 0 atom stereocenters. The zero-order valence-electron chi connectivity index (χ0n) is 16.3. The molecule has 0 aliphatic carbocycles. The largest absolute Gasteiger partial charge is 0.497 e. The lowest BCUT2D eigenvalue weighted by Crippen LogP contribution is -2.41. The van der Waals surface area contributed by atoms with Crippen LogP contribution in [0.4, 0.5) is 18.9 Å². The van der Waals surface area contributed by atoms with Crippen LogP contribution in [0.25, 0.3) is 11.6 Å². The topological polar surface area (TPSA) is 46.6 Å². The fourth-order valence-corrected chi connectivity index (χ4v) is 3.45. The first-order chi connectivity index (χ1) is 14.8. The Bertz CT molecular complexity index is 1210. The fraction of sp³-hybridized carbons (Fsp3) is 0.0833. The van der Waals surface area contributed by atoms with E-state index in [2.05, 4.69) is 0 Å². The van der Waals surface area contributed by atoms with Crippen molar-refractivity contribution in [2.75, 3.05) is 12.0 Å². The fourth-order valence-electron chi connectivity index (χ4n) is 3.45. The predicted molar refractivity (Wildman–Crippen MR) is 111 cm³/mol. The lowest BCUT2D eigenvalue weighted by Gasteiger charge is -2.29. The first-order valence-corrected chi connectivity index (χ1v) is 9.31. The Balaban J connectivity index is 1.88.